The molecule has 2 aromatic rings. The standard InChI is InChI=1S/C36H47IO8/c1-5-6-7-8-9-15-22-36(40)24-29(37)34(44-25-41-2)32(36)30(18-11-10-12-19-31(38)42-3)45-35(39)33(43-4)28-21-20-26-16-13-14-17-27(26)23-28/h9,11,13-18,20-21,23-24,30,32-34,40H,5-8,10,12,19,22,25H2,1-4H3/b15-9-,18-11-/t30-,32-,33-,34-,36+/m0/s1. The van der Waals surface area contributed by atoms with E-state index in [1.165, 1.54) is 21.3 Å². The molecule has 3 rings (SSSR count). The fourth-order valence-corrected chi connectivity index (χ4v) is 6.70. The van der Waals surface area contributed by atoms with E-state index < -0.39 is 35.8 Å². The number of rotatable bonds is 19. The summed E-state index contributed by atoms with van der Waals surface area (Å²) in [6, 6.07) is 13.6. The lowest BCUT2D eigenvalue weighted by Gasteiger charge is -2.36. The van der Waals surface area contributed by atoms with Crippen LogP contribution >= 0.6 is 22.6 Å². The van der Waals surface area contributed by atoms with Crippen molar-refractivity contribution in [2.75, 3.05) is 28.1 Å². The summed E-state index contributed by atoms with van der Waals surface area (Å²) in [5.41, 5.74) is -0.693. The zero-order chi connectivity index (χ0) is 32.7. The number of halogens is 1. The second-order valence-corrected chi connectivity index (χ2v) is 12.5. The third-order valence-corrected chi connectivity index (χ3v) is 8.88. The van der Waals surface area contributed by atoms with Gasteiger partial charge in [0.1, 0.15) is 19.0 Å². The average molecular weight is 735 g/mol. The van der Waals surface area contributed by atoms with Crippen LogP contribution in [0.4, 0.5) is 0 Å². The molecule has 0 radical (unpaired) electrons. The van der Waals surface area contributed by atoms with Crippen LogP contribution in [0.2, 0.25) is 0 Å². The molecule has 0 saturated carbocycles. The highest BCUT2D eigenvalue weighted by Gasteiger charge is 2.51. The van der Waals surface area contributed by atoms with E-state index in [9.17, 15) is 14.7 Å². The van der Waals surface area contributed by atoms with Gasteiger partial charge in [0.15, 0.2) is 6.10 Å². The lowest BCUT2D eigenvalue weighted by molar-refractivity contribution is -0.171. The van der Waals surface area contributed by atoms with Crippen molar-refractivity contribution >= 4 is 45.3 Å². The molecule has 1 N–H and O–H groups in total. The summed E-state index contributed by atoms with van der Waals surface area (Å²) >= 11 is 2.18. The summed E-state index contributed by atoms with van der Waals surface area (Å²) in [7, 11) is 4.38. The topological polar surface area (TPSA) is 101 Å². The molecular weight excluding hydrogens is 687 g/mol. The number of esters is 2. The number of allylic oxidation sites excluding steroid dienone is 2. The first-order valence-corrected chi connectivity index (χ1v) is 16.7. The molecule has 2 aromatic carbocycles. The van der Waals surface area contributed by atoms with Gasteiger partial charge in [-0.05, 0) is 89.2 Å². The lowest BCUT2D eigenvalue weighted by Crippen LogP contribution is -2.47. The number of carbonyl (C=O) groups excluding carboxylic acids is 2. The Morgan fingerprint density at radius 2 is 1.76 bits per heavy atom. The number of methoxy groups -OCH3 is 3. The van der Waals surface area contributed by atoms with Crippen LogP contribution in [0.1, 0.15) is 70.0 Å². The Balaban J connectivity index is 1.93. The first-order valence-electron chi connectivity index (χ1n) is 15.6. The molecule has 0 amide bonds. The van der Waals surface area contributed by atoms with Crippen LogP contribution in [0.15, 0.2) is 76.4 Å². The molecule has 0 fully saturated rings. The second-order valence-electron chi connectivity index (χ2n) is 11.2. The van der Waals surface area contributed by atoms with Gasteiger partial charge < -0.3 is 28.8 Å². The average Bonchev–Trinajstić information content (AvgIpc) is 3.29. The molecule has 246 valence electrons. The fraction of sp³-hybridized carbons (Fsp3) is 0.500. The van der Waals surface area contributed by atoms with Gasteiger partial charge in [-0.2, -0.15) is 0 Å². The minimum Gasteiger partial charge on any atom is -0.469 e. The van der Waals surface area contributed by atoms with E-state index in [1.54, 1.807) is 12.2 Å². The largest absolute Gasteiger partial charge is 0.469 e. The summed E-state index contributed by atoms with van der Waals surface area (Å²) in [5.74, 6) is -1.54. The van der Waals surface area contributed by atoms with E-state index in [0.29, 0.717) is 24.8 Å². The lowest BCUT2D eigenvalue weighted by atomic mass is 9.81. The molecular formula is C36H47IO8. The van der Waals surface area contributed by atoms with Gasteiger partial charge >= 0.3 is 11.9 Å². The SMILES string of the molecule is CCCCC/C=C\C[C@@]1(O)C=C(I)[C@H](OCOC)[C@@H]1[C@H](/C=C\CCCC(=O)OC)OC(=O)[C@@H](OC)c1ccc2ccccc2c1. The van der Waals surface area contributed by atoms with Gasteiger partial charge in [-0.15, -0.1) is 0 Å². The van der Waals surface area contributed by atoms with Crippen molar-refractivity contribution < 1.29 is 38.4 Å². The van der Waals surface area contributed by atoms with E-state index in [2.05, 4.69) is 35.6 Å². The van der Waals surface area contributed by atoms with E-state index in [-0.39, 0.29) is 19.2 Å². The van der Waals surface area contributed by atoms with Gasteiger partial charge in [-0.3, -0.25) is 4.79 Å². The third-order valence-electron chi connectivity index (χ3n) is 7.95. The van der Waals surface area contributed by atoms with Crippen molar-refractivity contribution in [2.45, 2.75) is 82.2 Å². The number of benzene rings is 2. The Hall–Kier alpha value is -2.57. The van der Waals surface area contributed by atoms with Crippen LogP contribution in [0, 0.1) is 5.92 Å². The predicted molar refractivity (Wildman–Crippen MR) is 184 cm³/mol. The zero-order valence-corrected chi connectivity index (χ0v) is 28.9. The molecule has 5 atom stereocenters. The van der Waals surface area contributed by atoms with Crippen LogP contribution in [0.25, 0.3) is 10.8 Å². The Morgan fingerprint density at radius 1 is 1.00 bits per heavy atom. The number of fused-ring (bicyclic) bond motifs is 1. The summed E-state index contributed by atoms with van der Waals surface area (Å²) in [6.07, 6.45) is 13.1. The number of ether oxygens (including phenoxy) is 5. The molecule has 0 saturated heterocycles. The quantitative estimate of drug-likeness (QED) is 0.0520. The van der Waals surface area contributed by atoms with Gasteiger partial charge in [0.2, 0.25) is 0 Å². The molecule has 1 aliphatic rings. The van der Waals surface area contributed by atoms with E-state index in [4.69, 9.17) is 23.7 Å². The van der Waals surface area contributed by atoms with Gasteiger partial charge in [0.05, 0.1) is 18.6 Å². The Kier molecular flexibility index (Phi) is 15.7. The van der Waals surface area contributed by atoms with Crippen LogP contribution < -0.4 is 0 Å². The highest BCUT2D eigenvalue weighted by atomic mass is 127. The molecule has 45 heavy (non-hydrogen) atoms. The highest BCUT2D eigenvalue weighted by molar-refractivity contribution is 14.1. The number of hydrogen-bond donors (Lipinski definition) is 1. The molecule has 0 bridgehead atoms. The van der Waals surface area contributed by atoms with Crippen LogP contribution in [-0.4, -0.2) is 63.0 Å². The third kappa shape index (κ3) is 10.7. The summed E-state index contributed by atoms with van der Waals surface area (Å²) in [4.78, 5) is 25.5. The predicted octanol–water partition coefficient (Wildman–Crippen LogP) is 7.53. The van der Waals surface area contributed by atoms with Crippen molar-refractivity contribution in [3.05, 3.63) is 82.0 Å². The van der Waals surface area contributed by atoms with Crippen LogP contribution in [-0.2, 0) is 33.3 Å². The van der Waals surface area contributed by atoms with Crippen molar-refractivity contribution in [3.8, 4) is 0 Å². The molecule has 8 nitrogen and oxygen atoms in total. The minimum absolute atomic E-state index is 0.00570. The van der Waals surface area contributed by atoms with Gasteiger partial charge in [0.25, 0.3) is 0 Å². The number of unbranched alkanes of at least 4 members (excludes halogenated alkanes) is 4. The normalized spacial score (nSPS) is 21.3. The van der Waals surface area contributed by atoms with Crippen molar-refractivity contribution in [2.24, 2.45) is 5.92 Å². The summed E-state index contributed by atoms with van der Waals surface area (Å²) < 4.78 is 28.8. The van der Waals surface area contributed by atoms with Gasteiger partial charge in [-0.25, -0.2) is 4.79 Å². The monoisotopic (exact) mass is 734 g/mol. The van der Waals surface area contributed by atoms with Gasteiger partial charge in [0, 0.05) is 24.2 Å². The fourth-order valence-electron chi connectivity index (χ4n) is 5.59. The smallest absolute Gasteiger partial charge is 0.340 e. The van der Waals surface area contributed by atoms with Crippen LogP contribution in [0.3, 0.4) is 0 Å². The second kappa shape index (κ2) is 19.2. The first kappa shape index (κ1) is 36.9. The van der Waals surface area contributed by atoms with E-state index in [1.807, 2.05) is 54.6 Å². The van der Waals surface area contributed by atoms with Gasteiger partial charge in [-0.1, -0.05) is 74.4 Å². The molecule has 0 aliphatic heterocycles. The summed E-state index contributed by atoms with van der Waals surface area (Å²) in [6.45, 7) is 2.17. The molecule has 9 heteroatoms. The molecule has 1 aliphatic carbocycles. The molecule has 0 heterocycles. The Labute approximate surface area is 280 Å². The molecule has 0 aromatic heterocycles. The first-order chi connectivity index (χ1) is 21.8. The number of aliphatic hydroxyl groups is 1. The molecule has 0 unspecified atom stereocenters. The highest BCUT2D eigenvalue weighted by Crippen LogP contribution is 2.45. The van der Waals surface area contributed by atoms with Crippen molar-refractivity contribution in [1.82, 2.24) is 0 Å². The maximum Gasteiger partial charge on any atom is 0.340 e. The summed E-state index contributed by atoms with van der Waals surface area (Å²) in [5, 5.41) is 14.2. The zero-order valence-electron chi connectivity index (χ0n) is 26.8. The Bertz CT molecular complexity index is 1320. The van der Waals surface area contributed by atoms with E-state index in [0.717, 1.165) is 40.0 Å². The Morgan fingerprint density at radius 3 is 2.47 bits per heavy atom. The van der Waals surface area contributed by atoms with Crippen molar-refractivity contribution in [3.63, 3.8) is 0 Å². The maximum absolute atomic E-state index is 13.8. The minimum atomic E-state index is -1.36. The van der Waals surface area contributed by atoms with Crippen LogP contribution in [0.5, 0.6) is 0 Å². The maximum atomic E-state index is 13.8. The van der Waals surface area contributed by atoms with Crippen molar-refractivity contribution in [1.29, 1.82) is 0 Å². The molecule has 0 spiro atoms. The van der Waals surface area contributed by atoms with E-state index >= 15 is 0 Å². The number of hydrogen-bond acceptors (Lipinski definition) is 8. The number of carbonyl (C=O) groups is 2.